The summed E-state index contributed by atoms with van der Waals surface area (Å²) in [5.41, 5.74) is 2.17. The molecule has 1 heterocycles. The molecule has 37 heavy (non-hydrogen) atoms. The summed E-state index contributed by atoms with van der Waals surface area (Å²) in [4.78, 5) is 32.4. The van der Waals surface area contributed by atoms with Crippen molar-refractivity contribution in [2.24, 2.45) is 5.92 Å². The van der Waals surface area contributed by atoms with Crippen molar-refractivity contribution in [1.82, 2.24) is 9.80 Å². The third kappa shape index (κ3) is 4.45. The Morgan fingerprint density at radius 1 is 0.811 bits per heavy atom. The largest absolute Gasteiger partial charge is 0.497 e. The highest BCUT2D eigenvalue weighted by Crippen LogP contribution is 2.59. The van der Waals surface area contributed by atoms with Gasteiger partial charge in [-0.3, -0.25) is 9.59 Å². The Morgan fingerprint density at radius 3 is 1.86 bits per heavy atom. The number of hydrogen-bond acceptors (Lipinski definition) is 4. The summed E-state index contributed by atoms with van der Waals surface area (Å²) in [5.74, 6) is 1.51. The van der Waals surface area contributed by atoms with E-state index in [0.717, 1.165) is 28.2 Å². The summed E-state index contributed by atoms with van der Waals surface area (Å²) in [6.07, 6.45) is 0.627. The first-order chi connectivity index (χ1) is 17.9. The van der Waals surface area contributed by atoms with Gasteiger partial charge in [-0.2, -0.15) is 0 Å². The molecule has 2 fully saturated rings. The van der Waals surface area contributed by atoms with E-state index >= 15 is 0 Å². The molecule has 5 rings (SSSR count). The second kappa shape index (κ2) is 9.92. The predicted molar refractivity (Wildman–Crippen MR) is 142 cm³/mol. The summed E-state index contributed by atoms with van der Waals surface area (Å²) >= 11 is 0. The minimum atomic E-state index is -0.879. The van der Waals surface area contributed by atoms with Crippen LogP contribution in [0.5, 0.6) is 11.5 Å². The highest BCUT2D eigenvalue weighted by Gasteiger charge is 2.70. The van der Waals surface area contributed by atoms with Gasteiger partial charge in [-0.05, 0) is 53.3 Å². The number of carbonyl (C=O) groups is 2. The third-order valence-corrected chi connectivity index (χ3v) is 7.74. The number of rotatable bonds is 8. The van der Waals surface area contributed by atoms with Gasteiger partial charge < -0.3 is 19.3 Å². The fraction of sp³-hybridized carbons (Fsp3) is 0.355. The number of benzene rings is 3. The molecule has 0 N–H and O–H groups in total. The third-order valence-electron chi connectivity index (χ3n) is 7.74. The van der Waals surface area contributed by atoms with Crippen molar-refractivity contribution in [2.45, 2.75) is 50.9 Å². The van der Waals surface area contributed by atoms with E-state index in [2.05, 4.69) is 12.1 Å². The molecule has 3 atom stereocenters. The minimum absolute atomic E-state index is 0.0114. The van der Waals surface area contributed by atoms with Crippen molar-refractivity contribution in [3.8, 4) is 11.5 Å². The Morgan fingerprint density at radius 2 is 1.35 bits per heavy atom. The van der Waals surface area contributed by atoms with Crippen LogP contribution in [0.1, 0.15) is 42.9 Å². The molecule has 2 aliphatic rings. The SMILES string of the molecule is COc1ccc(CN2C(=O)[C@]3(C[C@H]3c3ccccc3)N(Cc3ccc(OC)cc3)C(=O)[C@@H]2C(C)C)cc1. The first kappa shape index (κ1) is 24.9. The van der Waals surface area contributed by atoms with Crippen molar-refractivity contribution < 1.29 is 19.1 Å². The quantitative estimate of drug-likeness (QED) is 0.437. The Labute approximate surface area is 218 Å². The fourth-order valence-corrected chi connectivity index (χ4v) is 5.72. The zero-order valence-electron chi connectivity index (χ0n) is 21.9. The van der Waals surface area contributed by atoms with Crippen LogP contribution in [0.4, 0.5) is 0 Å². The Bertz CT molecular complexity index is 1260. The molecule has 1 saturated carbocycles. The van der Waals surface area contributed by atoms with Gasteiger partial charge in [0, 0.05) is 19.0 Å². The number of amides is 2. The molecule has 0 aromatic heterocycles. The lowest BCUT2D eigenvalue weighted by Crippen LogP contribution is -2.67. The summed E-state index contributed by atoms with van der Waals surface area (Å²) < 4.78 is 10.6. The fourth-order valence-electron chi connectivity index (χ4n) is 5.72. The molecule has 1 spiro atoms. The molecule has 6 nitrogen and oxygen atoms in total. The first-order valence-electron chi connectivity index (χ1n) is 12.8. The van der Waals surface area contributed by atoms with Crippen LogP contribution < -0.4 is 9.47 Å². The number of hydrogen-bond donors (Lipinski definition) is 0. The lowest BCUT2D eigenvalue weighted by atomic mass is 9.91. The predicted octanol–water partition coefficient (Wildman–Crippen LogP) is 5.03. The maximum absolute atomic E-state index is 14.5. The van der Waals surface area contributed by atoms with E-state index in [1.807, 2.05) is 90.4 Å². The smallest absolute Gasteiger partial charge is 0.250 e. The van der Waals surface area contributed by atoms with Gasteiger partial charge in [0.1, 0.15) is 23.1 Å². The lowest BCUT2D eigenvalue weighted by Gasteiger charge is -2.48. The van der Waals surface area contributed by atoms with Crippen LogP contribution in [0, 0.1) is 5.92 Å². The minimum Gasteiger partial charge on any atom is -0.497 e. The van der Waals surface area contributed by atoms with E-state index in [0.29, 0.717) is 19.5 Å². The van der Waals surface area contributed by atoms with Crippen LogP contribution in [0.25, 0.3) is 0 Å². The van der Waals surface area contributed by atoms with Gasteiger partial charge >= 0.3 is 0 Å². The summed E-state index contributed by atoms with van der Waals surface area (Å²) in [7, 11) is 3.27. The molecule has 1 saturated heterocycles. The zero-order chi connectivity index (χ0) is 26.2. The molecule has 1 aliphatic heterocycles. The number of carbonyl (C=O) groups excluding carboxylic acids is 2. The Kier molecular flexibility index (Phi) is 6.67. The molecule has 3 aromatic rings. The van der Waals surface area contributed by atoms with Gasteiger partial charge in [0.25, 0.3) is 0 Å². The van der Waals surface area contributed by atoms with Gasteiger partial charge in [0.05, 0.1) is 14.2 Å². The van der Waals surface area contributed by atoms with E-state index in [1.165, 1.54) is 0 Å². The van der Waals surface area contributed by atoms with E-state index in [-0.39, 0.29) is 23.7 Å². The van der Waals surface area contributed by atoms with Gasteiger partial charge in [-0.1, -0.05) is 68.4 Å². The summed E-state index contributed by atoms with van der Waals surface area (Å²) in [5, 5.41) is 0. The molecule has 2 amide bonds. The van der Waals surface area contributed by atoms with Crippen molar-refractivity contribution in [1.29, 1.82) is 0 Å². The standard InChI is InChI=1S/C31H34N2O4/c1-21(2)28-29(34)33(20-23-12-16-26(37-4)17-13-23)31(18-27(31)24-8-6-5-7-9-24)30(35)32(28)19-22-10-14-25(36-3)15-11-22/h5-17,21,27-28H,18-20H2,1-4H3/t27-,28-,31+/m0/s1. The maximum atomic E-state index is 14.5. The van der Waals surface area contributed by atoms with Gasteiger partial charge in [-0.25, -0.2) is 0 Å². The number of ether oxygens (including phenoxy) is 2. The normalized spacial score (nSPS) is 23.1. The van der Waals surface area contributed by atoms with E-state index in [9.17, 15) is 9.59 Å². The second-order valence-corrected chi connectivity index (χ2v) is 10.3. The molecule has 192 valence electrons. The number of methoxy groups -OCH3 is 2. The Balaban J connectivity index is 1.53. The van der Waals surface area contributed by atoms with E-state index in [1.54, 1.807) is 14.2 Å². The topological polar surface area (TPSA) is 59.1 Å². The summed E-state index contributed by atoms with van der Waals surface area (Å²) in [6, 6.07) is 25.0. The molecule has 1 aliphatic carbocycles. The van der Waals surface area contributed by atoms with Crippen molar-refractivity contribution in [2.75, 3.05) is 14.2 Å². The molecule has 3 aromatic carbocycles. The van der Waals surface area contributed by atoms with Gasteiger partial charge in [0.2, 0.25) is 11.8 Å². The molecule has 6 heteroatoms. The summed E-state index contributed by atoms with van der Waals surface area (Å²) in [6.45, 7) is 4.80. The van der Waals surface area contributed by atoms with Gasteiger partial charge in [0.15, 0.2) is 0 Å². The second-order valence-electron chi connectivity index (χ2n) is 10.3. The highest BCUT2D eigenvalue weighted by molar-refractivity contribution is 6.03. The van der Waals surface area contributed by atoms with E-state index < -0.39 is 11.6 Å². The maximum Gasteiger partial charge on any atom is 0.250 e. The van der Waals surface area contributed by atoms with Crippen LogP contribution >= 0.6 is 0 Å². The van der Waals surface area contributed by atoms with Crippen LogP contribution in [0.15, 0.2) is 78.9 Å². The van der Waals surface area contributed by atoms with Crippen molar-refractivity contribution >= 4 is 11.8 Å². The van der Waals surface area contributed by atoms with Crippen molar-refractivity contribution in [3.05, 3.63) is 95.6 Å². The average Bonchev–Trinajstić information content (AvgIpc) is 3.67. The molecular formula is C31H34N2O4. The van der Waals surface area contributed by atoms with Crippen LogP contribution in [-0.4, -0.2) is 47.4 Å². The van der Waals surface area contributed by atoms with Crippen LogP contribution in [0.2, 0.25) is 0 Å². The first-order valence-corrected chi connectivity index (χ1v) is 12.8. The highest BCUT2D eigenvalue weighted by atomic mass is 16.5. The number of piperazine rings is 1. The van der Waals surface area contributed by atoms with Crippen LogP contribution in [-0.2, 0) is 22.7 Å². The zero-order valence-corrected chi connectivity index (χ0v) is 21.9. The van der Waals surface area contributed by atoms with E-state index in [4.69, 9.17) is 9.47 Å². The molecule has 0 radical (unpaired) electrons. The monoisotopic (exact) mass is 498 g/mol. The van der Waals surface area contributed by atoms with Gasteiger partial charge in [-0.15, -0.1) is 0 Å². The molecular weight excluding hydrogens is 464 g/mol. The van der Waals surface area contributed by atoms with Crippen molar-refractivity contribution in [3.63, 3.8) is 0 Å². The lowest BCUT2D eigenvalue weighted by molar-refractivity contribution is -0.168. The number of nitrogens with zero attached hydrogens (tertiary/aromatic N) is 2. The Hall–Kier alpha value is -3.80. The molecule has 0 bridgehead atoms. The molecule has 0 unspecified atom stereocenters. The van der Waals surface area contributed by atoms with Crippen LogP contribution in [0.3, 0.4) is 0 Å². The average molecular weight is 499 g/mol.